The van der Waals surface area contributed by atoms with Crippen molar-refractivity contribution < 1.29 is 13.2 Å². The van der Waals surface area contributed by atoms with E-state index in [1.807, 2.05) is 37.4 Å². The lowest BCUT2D eigenvalue weighted by atomic mass is 10.0. The molecule has 4 rings (SSSR count). The standard InChI is InChI=1S/C21H22N4O3S2/c1-13-8-9-15(30(27,28)24(2)3)11-19(13)25-20(26)18(23-21(25)29)10-14-12-22-17-7-5-4-6-16(14)17/h4-9,11-12,18,22H,10H2,1-3H3,(H,23,29). The SMILES string of the molecule is Cc1ccc(S(=O)(=O)N(C)C)cc1N1C(=O)C(Cc2c[nH]c3ccccc23)NC1=S. The summed E-state index contributed by atoms with van der Waals surface area (Å²) < 4.78 is 26.2. The van der Waals surface area contributed by atoms with E-state index in [2.05, 4.69) is 10.3 Å². The zero-order valence-corrected chi connectivity index (χ0v) is 18.5. The van der Waals surface area contributed by atoms with Crippen LogP contribution in [0.2, 0.25) is 0 Å². The van der Waals surface area contributed by atoms with Gasteiger partial charge in [-0.1, -0.05) is 24.3 Å². The second-order valence-corrected chi connectivity index (χ2v) is 10.0. The molecule has 0 radical (unpaired) electrons. The average molecular weight is 443 g/mol. The van der Waals surface area contributed by atoms with Crippen molar-refractivity contribution in [3.05, 3.63) is 59.8 Å². The number of amides is 1. The Morgan fingerprint density at radius 2 is 1.90 bits per heavy atom. The molecule has 1 saturated heterocycles. The van der Waals surface area contributed by atoms with E-state index in [1.54, 1.807) is 6.07 Å². The normalized spacial score (nSPS) is 17.2. The molecule has 7 nitrogen and oxygen atoms in total. The molecule has 1 fully saturated rings. The maximum atomic E-state index is 13.2. The number of nitrogens with zero attached hydrogens (tertiary/aromatic N) is 2. The number of thiocarbonyl (C=S) groups is 1. The van der Waals surface area contributed by atoms with Crippen molar-refractivity contribution in [2.45, 2.75) is 24.3 Å². The third-order valence-corrected chi connectivity index (χ3v) is 7.43. The van der Waals surface area contributed by atoms with Gasteiger partial charge >= 0.3 is 0 Å². The Morgan fingerprint density at radius 3 is 2.63 bits per heavy atom. The minimum atomic E-state index is -3.63. The monoisotopic (exact) mass is 442 g/mol. The van der Waals surface area contributed by atoms with Gasteiger partial charge in [0.05, 0.1) is 10.6 Å². The van der Waals surface area contributed by atoms with Crippen molar-refractivity contribution >= 4 is 49.9 Å². The molecule has 3 aromatic rings. The molecule has 156 valence electrons. The fourth-order valence-corrected chi connectivity index (χ4v) is 4.87. The average Bonchev–Trinajstić information content (AvgIpc) is 3.23. The van der Waals surface area contributed by atoms with Crippen LogP contribution in [0.3, 0.4) is 0 Å². The van der Waals surface area contributed by atoms with Crippen LogP contribution < -0.4 is 10.2 Å². The lowest BCUT2D eigenvalue weighted by Gasteiger charge is -2.20. The summed E-state index contributed by atoms with van der Waals surface area (Å²) in [6.07, 6.45) is 2.37. The van der Waals surface area contributed by atoms with Crippen molar-refractivity contribution in [2.24, 2.45) is 0 Å². The lowest BCUT2D eigenvalue weighted by Crippen LogP contribution is -2.33. The summed E-state index contributed by atoms with van der Waals surface area (Å²) in [6.45, 7) is 1.82. The van der Waals surface area contributed by atoms with Gasteiger partial charge in [-0.2, -0.15) is 0 Å². The number of rotatable bonds is 5. The molecular weight excluding hydrogens is 420 g/mol. The van der Waals surface area contributed by atoms with E-state index in [0.717, 1.165) is 26.3 Å². The second-order valence-electron chi connectivity index (χ2n) is 7.48. The number of nitrogens with one attached hydrogen (secondary N) is 2. The number of anilines is 1. The number of fused-ring (bicyclic) bond motifs is 1. The van der Waals surface area contributed by atoms with Crippen LogP contribution in [-0.4, -0.2) is 48.9 Å². The van der Waals surface area contributed by atoms with Gasteiger partial charge in [-0.3, -0.25) is 9.69 Å². The summed E-state index contributed by atoms with van der Waals surface area (Å²) in [5.74, 6) is -0.201. The molecule has 0 aliphatic carbocycles. The van der Waals surface area contributed by atoms with E-state index < -0.39 is 16.1 Å². The van der Waals surface area contributed by atoms with Gasteiger partial charge in [-0.25, -0.2) is 12.7 Å². The number of carbonyl (C=O) groups is 1. The molecule has 9 heteroatoms. The molecule has 2 N–H and O–H groups in total. The Balaban J connectivity index is 1.66. The molecule has 1 aliphatic heterocycles. The molecule has 30 heavy (non-hydrogen) atoms. The number of para-hydroxylation sites is 1. The Kier molecular flexibility index (Phi) is 5.13. The first-order valence-electron chi connectivity index (χ1n) is 9.43. The van der Waals surface area contributed by atoms with Gasteiger partial charge < -0.3 is 10.3 Å². The predicted molar refractivity (Wildman–Crippen MR) is 121 cm³/mol. The van der Waals surface area contributed by atoms with Crippen molar-refractivity contribution in [1.29, 1.82) is 0 Å². The molecule has 1 amide bonds. The minimum absolute atomic E-state index is 0.115. The maximum absolute atomic E-state index is 13.2. The maximum Gasteiger partial charge on any atom is 0.256 e. The molecule has 1 unspecified atom stereocenters. The summed E-state index contributed by atoms with van der Waals surface area (Å²) in [4.78, 5) is 18.0. The molecule has 0 bridgehead atoms. The third-order valence-electron chi connectivity index (χ3n) is 5.32. The Labute approximate surface area is 180 Å². The summed E-state index contributed by atoms with van der Waals surface area (Å²) in [5.41, 5.74) is 3.26. The fraction of sp³-hybridized carbons (Fsp3) is 0.238. The molecular formula is C21H22N4O3S2. The van der Waals surface area contributed by atoms with Gasteiger partial charge in [0.2, 0.25) is 10.0 Å². The largest absolute Gasteiger partial charge is 0.361 e. The summed E-state index contributed by atoms with van der Waals surface area (Å²) in [7, 11) is -0.689. The topological polar surface area (TPSA) is 85.5 Å². The van der Waals surface area contributed by atoms with Gasteiger partial charge in [0.15, 0.2) is 5.11 Å². The highest BCUT2D eigenvalue weighted by Gasteiger charge is 2.38. The number of hydrogen-bond acceptors (Lipinski definition) is 4. The van der Waals surface area contributed by atoms with E-state index in [4.69, 9.17) is 12.2 Å². The molecule has 2 heterocycles. The molecule has 1 atom stereocenters. The van der Waals surface area contributed by atoms with Crippen molar-refractivity contribution in [2.75, 3.05) is 19.0 Å². The zero-order valence-electron chi connectivity index (χ0n) is 16.8. The number of benzene rings is 2. The lowest BCUT2D eigenvalue weighted by molar-refractivity contribution is -0.118. The fourth-order valence-electron chi connectivity index (χ4n) is 3.62. The quantitative estimate of drug-likeness (QED) is 0.593. The zero-order chi connectivity index (χ0) is 21.6. The van der Waals surface area contributed by atoms with E-state index in [9.17, 15) is 13.2 Å². The van der Waals surface area contributed by atoms with Gasteiger partial charge in [0.1, 0.15) is 6.04 Å². The van der Waals surface area contributed by atoms with E-state index >= 15 is 0 Å². The van der Waals surface area contributed by atoms with E-state index in [1.165, 1.54) is 31.1 Å². The van der Waals surface area contributed by atoms with Crippen molar-refractivity contribution in [3.63, 3.8) is 0 Å². The Bertz CT molecular complexity index is 1260. The smallest absolute Gasteiger partial charge is 0.256 e. The van der Waals surface area contributed by atoms with Crippen molar-refractivity contribution in [3.8, 4) is 0 Å². The highest BCUT2D eigenvalue weighted by Crippen LogP contribution is 2.29. The van der Waals surface area contributed by atoms with Gasteiger partial charge in [-0.15, -0.1) is 0 Å². The van der Waals surface area contributed by atoms with Crippen LogP contribution in [0.5, 0.6) is 0 Å². The number of hydrogen-bond donors (Lipinski definition) is 2. The number of H-pyrrole nitrogens is 1. The first kappa shape index (κ1) is 20.5. The number of carbonyl (C=O) groups excluding carboxylic acids is 1. The van der Waals surface area contributed by atoms with Crippen LogP contribution in [0.15, 0.2) is 53.6 Å². The summed E-state index contributed by atoms with van der Waals surface area (Å²) >= 11 is 5.44. The van der Waals surface area contributed by atoms with Gasteiger partial charge in [0, 0.05) is 37.6 Å². The first-order valence-corrected chi connectivity index (χ1v) is 11.3. The Hall–Kier alpha value is -2.75. The molecule has 2 aromatic carbocycles. The molecule has 0 saturated carbocycles. The predicted octanol–water partition coefficient (Wildman–Crippen LogP) is 2.56. The summed E-state index contributed by atoms with van der Waals surface area (Å²) in [6, 6.07) is 12.1. The molecule has 1 aromatic heterocycles. The number of aromatic nitrogens is 1. The molecule has 1 aliphatic rings. The van der Waals surface area contributed by atoms with Crippen LogP contribution in [0, 0.1) is 6.92 Å². The van der Waals surface area contributed by atoms with Crippen LogP contribution in [0.25, 0.3) is 10.9 Å². The van der Waals surface area contributed by atoms with E-state index in [-0.39, 0.29) is 15.9 Å². The third kappa shape index (κ3) is 3.38. The van der Waals surface area contributed by atoms with Crippen LogP contribution >= 0.6 is 12.2 Å². The van der Waals surface area contributed by atoms with Crippen LogP contribution in [0.4, 0.5) is 5.69 Å². The highest BCUT2D eigenvalue weighted by molar-refractivity contribution is 7.89. The van der Waals surface area contributed by atoms with Crippen LogP contribution in [-0.2, 0) is 21.2 Å². The number of sulfonamides is 1. The van der Waals surface area contributed by atoms with E-state index in [0.29, 0.717) is 12.1 Å². The van der Waals surface area contributed by atoms with Crippen LogP contribution in [0.1, 0.15) is 11.1 Å². The second kappa shape index (κ2) is 7.50. The minimum Gasteiger partial charge on any atom is -0.361 e. The van der Waals surface area contributed by atoms with Gasteiger partial charge in [-0.05, 0) is 48.5 Å². The first-order chi connectivity index (χ1) is 14.2. The number of aryl methyl sites for hydroxylation is 1. The number of aromatic amines is 1. The Morgan fingerprint density at radius 1 is 1.17 bits per heavy atom. The molecule has 0 spiro atoms. The van der Waals surface area contributed by atoms with Gasteiger partial charge in [0.25, 0.3) is 5.91 Å². The van der Waals surface area contributed by atoms with Crippen molar-refractivity contribution in [1.82, 2.24) is 14.6 Å². The summed E-state index contributed by atoms with van der Waals surface area (Å²) in [5, 5.41) is 4.43. The highest BCUT2D eigenvalue weighted by atomic mass is 32.2.